The van der Waals surface area contributed by atoms with E-state index in [1.165, 1.54) is 12.4 Å². The number of hydrogen-bond acceptors (Lipinski definition) is 5. The van der Waals surface area contributed by atoms with E-state index in [0.717, 1.165) is 26.1 Å². The molecule has 2 aromatic heterocycles. The van der Waals surface area contributed by atoms with Crippen LogP contribution in [0.3, 0.4) is 0 Å². The molecular formula is C16H18N4O2. The first-order chi connectivity index (χ1) is 10.8. The highest BCUT2D eigenvalue weighted by atomic mass is 16.5. The largest absolute Gasteiger partial charge is 0.381 e. The lowest BCUT2D eigenvalue weighted by atomic mass is 10.0. The summed E-state index contributed by atoms with van der Waals surface area (Å²) in [5.74, 6) is 0.752. The van der Waals surface area contributed by atoms with Crippen molar-refractivity contribution in [3.63, 3.8) is 0 Å². The van der Waals surface area contributed by atoms with Gasteiger partial charge in [0.05, 0.1) is 12.2 Å². The van der Waals surface area contributed by atoms with E-state index < -0.39 is 0 Å². The van der Waals surface area contributed by atoms with E-state index in [-0.39, 0.29) is 5.91 Å². The fourth-order valence-corrected chi connectivity index (χ4v) is 2.38. The molecule has 0 saturated carbocycles. The third-order valence-corrected chi connectivity index (χ3v) is 3.61. The molecule has 1 aliphatic rings. The number of aromatic nitrogens is 3. The number of rotatable bonds is 4. The van der Waals surface area contributed by atoms with Gasteiger partial charge in [0.2, 0.25) is 0 Å². The van der Waals surface area contributed by atoms with Crippen LogP contribution >= 0.6 is 0 Å². The number of pyridine rings is 1. The summed E-state index contributed by atoms with van der Waals surface area (Å²) in [5.41, 5.74) is 1.14. The van der Waals surface area contributed by atoms with Crippen LogP contribution in [0.1, 0.15) is 23.2 Å². The Bertz CT molecular complexity index is 610. The normalized spacial score (nSPS) is 17.9. The molecule has 1 fully saturated rings. The van der Waals surface area contributed by atoms with Crippen molar-refractivity contribution in [2.75, 3.05) is 19.8 Å². The van der Waals surface area contributed by atoms with E-state index >= 15 is 0 Å². The molecule has 1 saturated heterocycles. The van der Waals surface area contributed by atoms with Gasteiger partial charge in [0, 0.05) is 31.7 Å². The fraction of sp³-hybridized carbons (Fsp3) is 0.375. The Morgan fingerprint density at radius 2 is 2.14 bits per heavy atom. The third kappa shape index (κ3) is 3.65. The Morgan fingerprint density at radius 1 is 1.27 bits per heavy atom. The van der Waals surface area contributed by atoms with Gasteiger partial charge in [-0.25, -0.2) is 9.97 Å². The first-order valence-corrected chi connectivity index (χ1v) is 7.42. The summed E-state index contributed by atoms with van der Waals surface area (Å²) in [6.45, 7) is 2.17. The zero-order valence-electron chi connectivity index (χ0n) is 12.2. The minimum Gasteiger partial charge on any atom is -0.381 e. The molecule has 2 aromatic rings. The van der Waals surface area contributed by atoms with Crippen molar-refractivity contribution in [3.05, 3.63) is 42.4 Å². The first kappa shape index (κ1) is 14.6. The summed E-state index contributed by atoms with van der Waals surface area (Å²) in [6, 6.07) is 5.54. The molecule has 3 rings (SSSR count). The lowest BCUT2D eigenvalue weighted by Gasteiger charge is -2.22. The number of carbonyl (C=O) groups excluding carboxylic acids is 1. The van der Waals surface area contributed by atoms with Crippen molar-refractivity contribution in [2.24, 2.45) is 5.92 Å². The molecule has 1 atom stereocenters. The highest BCUT2D eigenvalue weighted by Gasteiger charge is 2.15. The van der Waals surface area contributed by atoms with Crippen LogP contribution in [0.5, 0.6) is 0 Å². The fourth-order valence-electron chi connectivity index (χ4n) is 2.38. The van der Waals surface area contributed by atoms with E-state index in [1.54, 1.807) is 6.20 Å². The molecule has 0 bridgehead atoms. The summed E-state index contributed by atoms with van der Waals surface area (Å²) in [4.78, 5) is 24.7. The summed E-state index contributed by atoms with van der Waals surface area (Å²) >= 11 is 0. The monoisotopic (exact) mass is 298 g/mol. The zero-order chi connectivity index (χ0) is 15.2. The Morgan fingerprint density at radius 3 is 2.82 bits per heavy atom. The van der Waals surface area contributed by atoms with Gasteiger partial charge < -0.3 is 10.1 Å². The number of carbonyl (C=O) groups is 1. The third-order valence-electron chi connectivity index (χ3n) is 3.61. The van der Waals surface area contributed by atoms with E-state index in [0.29, 0.717) is 29.5 Å². The molecule has 0 aliphatic carbocycles. The molecule has 6 nitrogen and oxygen atoms in total. The van der Waals surface area contributed by atoms with Gasteiger partial charge in [-0.3, -0.25) is 9.78 Å². The van der Waals surface area contributed by atoms with Crippen molar-refractivity contribution in [1.82, 2.24) is 20.3 Å². The van der Waals surface area contributed by atoms with Crippen LogP contribution in [0.4, 0.5) is 0 Å². The van der Waals surface area contributed by atoms with Crippen LogP contribution in [0.25, 0.3) is 11.5 Å². The van der Waals surface area contributed by atoms with Crippen molar-refractivity contribution in [3.8, 4) is 11.5 Å². The van der Waals surface area contributed by atoms with Gasteiger partial charge in [-0.05, 0) is 30.9 Å². The van der Waals surface area contributed by atoms with Gasteiger partial charge in [-0.15, -0.1) is 0 Å². The molecule has 0 radical (unpaired) electrons. The lowest BCUT2D eigenvalue weighted by Crippen LogP contribution is -2.33. The number of hydrogen-bond donors (Lipinski definition) is 1. The van der Waals surface area contributed by atoms with Crippen molar-refractivity contribution in [1.29, 1.82) is 0 Å². The number of ether oxygens (including phenoxy) is 1. The number of nitrogens with one attached hydrogen (secondary N) is 1. The number of amides is 1. The van der Waals surface area contributed by atoms with E-state index in [4.69, 9.17) is 4.74 Å². The lowest BCUT2D eigenvalue weighted by molar-refractivity contribution is 0.0536. The maximum atomic E-state index is 12.1. The van der Waals surface area contributed by atoms with E-state index in [2.05, 4.69) is 20.3 Å². The van der Waals surface area contributed by atoms with Crippen LogP contribution in [0, 0.1) is 5.92 Å². The van der Waals surface area contributed by atoms with Crippen LogP contribution in [-0.4, -0.2) is 40.6 Å². The van der Waals surface area contributed by atoms with Gasteiger partial charge in [0.15, 0.2) is 5.82 Å². The van der Waals surface area contributed by atoms with Gasteiger partial charge in [0.25, 0.3) is 5.91 Å². The van der Waals surface area contributed by atoms with Crippen LogP contribution in [0.2, 0.25) is 0 Å². The quantitative estimate of drug-likeness (QED) is 0.929. The molecule has 22 heavy (non-hydrogen) atoms. The van der Waals surface area contributed by atoms with Gasteiger partial charge in [0.1, 0.15) is 5.69 Å². The smallest absolute Gasteiger partial charge is 0.254 e. The minimum atomic E-state index is -0.154. The second kappa shape index (κ2) is 7.09. The zero-order valence-corrected chi connectivity index (χ0v) is 12.2. The summed E-state index contributed by atoms with van der Waals surface area (Å²) in [6.07, 6.45) is 6.90. The molecule has 0 unspecified atom stereocenters. The van der Waals surface area contributed by atoms with Gasteiger partial charge >= 0.3 is 0 Å². The molecule has 3 heterocycles. The summed E-state index contributed by atoms with van der Waals surface area (Å²) in [7, 11) is 0. The Hall–Kier alpha value is -2.34. The molecule has 0 spiro atoms. The molecular weight excluding hydrogens is 280 g/mol. The van der Waals surface area contributed by atoms with Crippen molar-refractivity contribution >= 4 is 5.91 Å². The van der Waals surface area contributed by atoms with Gasteiger partial charge in [-0.1, -0.05) is 6.07 Å². The molecule has 1 N–H and O–H groups in total. The molecule has 6 heteroatoms. The SMILES string of the molecule is O=C(NC[C@H]1CCCOC1)c1cnc(-c2ccccn2)nc1. The predicted octanol–water partition coefficient (Wildman–Crippen LogP) is 1.70. The molecule has 114 valence electrons. The minimum absolute atomic E-state index is 0.154. The van der Waals surface area contributed by atoms with Crippen LogP contribution < -0.4 is 5.32 Å². The maximum Gasteiger partial charge on any atom is 0.254 e. The van der Waals surface area contributed by atoms with E-state index in [1.807, 2.05) is 18.2 Å². The Labute approximate surface area is 129 Å². The van der Waals surface area contributed by atoms with Crippen molar-refractivity contribution in [2.45, 2.75) is 12.8 Å². The maximum absolute atomic E-state index is 12.1. The van der Waals surface area contributed by atoms with Gasteiger partial charge in [-0.2, -0.15) is 0 Å². The predicted molar refractivity (Wildman–Crippen MR) is 81.1 cm³/mol. The molecule has 1 amide bonds. The highest BCUT2D eigenvalue weighted by Crippen LogP contribution is 2.13. The standard InChI is InChI=1S/C16H18N4O2/c21-16(20-8-12-4-3-7-22-11-12)13-9-18-15(19-10-13)14-5-1-2-6-17-14/h1-2,5-6,9-10,12H,3-4,7-8,11H2,(H,20,21)/t12-/m1/s1. The average molecular weight is 298 g/mol. The van der Waals surface area contributed by atoms with Crippen LogP contribution in [0.15, 0.2) is 36.8 Å². The topological polar surface area (TPSA) is 77.0 Å². The first-order valence-electron chi connectivity index (χ1n) is 7.42. The molecule has 0 aromatic carbocycles. The van der Waals surface area contributed by atoms with Crippen LogP contribution in [-0.2, 0) is 4.74 Å². The van der Waals surface area contributed by atoms with E-state index in [9.17, 15) is 4.79 Å². The second-order valence-corrected chi connectivity index (χ2v) is 5.30. The molecule has 1 aliphatic heterocycles. The summed E-state index contributed by atoms with van der Waals surface area (Å²) in [5, 5.41) is 2.91. The van der Waals surface area contributed by atoms with Crippen molar-refractivity contribution < 1.29 is 9.53 Å². The average Bonchev–Trinajstić information content (AvgIpc) is 2.61. The highest BCUT2D eigenvalue weighted by molar-refractivity contribution is 5.93. The number of nitrogens with zero attached hydrogens (tertiary/aromatic N) is 3. The summed E-state index contributed by atoms with van der Waals surface area (Å²) < 4.78 is 5.40. The second-order valence-electron chi connectivity index (χ2n) is 5.30. The Kier molecular flexibility index (Phi) is 4.70. The Balaban J connectivity index is 1.59.